The molecule has 0 aromatic rings. The van der Waals surface area contributed by atoms with E-state index in [0.717, 1.165) is 10.2 Å². The number of ether oxygens (including phenoxy) is 1. The fourth-order valence-corrected chi connectivity index (χ4v) is 0.510. The van der Waals surface area contributed by atoms with Crippen LogP contribution in [0.15, 0.2) is 0 Å². The van der Waals surface area contributed by atoms with Crippen LogP contribution in [0.25, 0.3) is 0 Å². The molecule has 0 aromatic heterocycles. The highest BCUT2D eigenvalue weighted by molar-refractivity contribution is 6.26. The zero-order valence-corrected chi connectivity index (χ0v) is 7.82. The van der Waals surface area contributed by atoms with Gasteiger partial charge in [-0.15, -0.1) is 0 Å². The summed E-state index contributed by atoms with van der Waals surface area (Å²) in [5, 5.41) is -0.214. The monoisotopic (exact) mass is 132 g/mol. The molecule has 0 aliphatic rings. The number of hydrogen-bond acceptors (Lipinski definition) is 2. The summed E-state index contributed by atoms with van der Waals surface area (Å²) >= 11 is 0. The van der Waals surface area contributed by atoms with Crippen molar-refractivity contribution in [2.45, 2.75) is 18.9 Å². The van der Waals surface area contributed by atoms with Crippen LogP contribution in [0.2, 0.25) is 5.04 Å². The molecule has 0 saturated heterocycles. The maximum atomic E-state index is 10.6. The molecule has 48 valence electrons. The van der Waals surface area contributed by atoms with Crippen molar-refractivity contribution in [3.63, 3.8) is 0 Å². The number of carbonyl (C=O) groups excluding carboxylic acids is 1. The zero-order chi connectivity index (χ0) is 6.78. The third-order valence-electron chi connectivity index (χ3n) is 0.798. The second-order valence-electron chi connectivity index (χ2n) is 2.74. The highest BCUT2D eigenvalue weighted by Gasteiger charge is 2.20. The Balaban J connectivity index is 3.82. The smallest absolute Gasteiger partial charge is 0.307 e. The molecule has 0 spiro atoms. The van der Waals surface area contributed by atoms with Crippen LogP contribution in [-0.2, 0) is 9.53 Å². The van der Waals surface area contributed by atoms with Gasteiger partial charge >= 0.3 is 5.97 Å². The first-order chi connectivity index (χ1) is 3.48. The Hall–Kier alpha value is -0.313. The quantitative estimate of drug-likeness (QED) is 0.362. The third kappa shape index (κ3) is 2.11. The molecule has 0 aromatic carbocycles. The minimum atomic E-state index is -0.214. The Kier molecular flexibility index (Phi) is 2.21. The molecule has 0 aliphatic heterocycles. The van der Waals surface area contributed by atoms with Crippen LogP contribution in [-0.4, -0.2) is 23.3 Å². The average molecular weight is 132 g/mol. The van der Waals surface area contributed by atoms with Gasteiger partial charge in [0.05, 0.1) is 7.11 Å². The van der Waals surface area contributed by atoms with Gasteiger partial charge in [0, 0.05) is 15.3 Å². The predicted molar refractivity (Wildman–Crippen MR) is 36.0 cm³/mol. The maximum Gasteiger partial charge on any atom is 0.307 e. The van der Waals surface area contributed by atoms with Gasteiger partial charge in [0.15, 0.2) is 0 Å². The van der Waals surface area contributed by atoms with Crippen molar-refractivity contribution < 1.29 is 9.53 Å². The number of carbonyl (C=O) groups is 1. The van der Waals surface area contributed by atoms with Crippen LogP contribution in [0.5, 0.6) is 0 Å². The van der Waals surface area contributed by atoms with Crippen LogP contribution in [0.4, 0.5) is 0 Å². The van der Waals surface area contributed by atoms with Crippen LogP contribution in [0.3, 0.4) is 0 Å². The molecule has 0 N–H and O–H groups in total. The number of rotatable bonds is 1. The van der Waals surface area contributed by atoms with E-state index >= 15 is 0 Å². The van der Waals surface area contributed by atoms with Crippen molar-refractivity contribution in [2.75, 3.05) is 7.11 Å². The minimum Gasteiger partial charge on any atom is -0.469 e. The van der Waals surface area contributed by atoms with Crippen molar-refractivity contribution in [3.05, 3.63) is 0 Å². The first kappa shape index (κ1) is 7.69. The lowest BCUT2D eigenvalue weighted by atomic mass is 10.2. The van der Waals surface area contributed by atoms with Crippen LogP contribution < -0.4 is 0 Å². The first-order valence-electron chi connectivity index (χ1n) is 2.57. The van der Waals surface area contributed by atoms with Crippen molar-refractivity contribution in [3.8, 4) is 0 Å². The Morgan fingerprint density at radius 2 is 2.00 bits per heavy atom. The van der Waals surface area contributed by atoms with E-state index in [4.69, 9.17) is 0 Å². The van der Waals surface area contributed by atoms with E-state index in [1.807, 2.05) is 13.8 Å². The maximum absolute atomic E-state index is 10.6. The second kappa shape index (κ2) is 2.30. The van der Waals surface area contributed by atoms with Crippen LogP contribution >= 0.6 is 0 Å². The second-order valence-corrected chi connectivity index (χ2v) is 5.24. The standard InChI is InChI=1S/C5H12O2Si/c1-5(2,8)4(6)7-3/h1-3,8H3. The van der Waals surface area contributed by atoms with E-state index in [0.29, 0.717) is 0 Å². The van der Waals surface area contributed by atoms with E-state index in [1.165, 1.54) is 7.11 Å². The minimum absolute atomic E-state index is 0.107. The molecule has 3 heteroatoms. The molecule has 0 fully saturated rings. The van der Waals surface area contributed by atoms with Crippen molar-refractivity contribution in [1.82, 2.24) is 0 Å². The summed E-state index contributed by atoms with van der Waals surface area (Å²) in [5.74, 6) is -0.107. The lowest BCUT2D eigenvalue weighted by Crippen LogP contribution is -2.18. The van der Waals surface area contributed by atoms with Gasteiger partial charge in [-0.05, 0) is 0 Å². The molecule has 0 unspecified atom stereocenters. The normalized spacial score (nSPS) is 11.4. The van der Waals surface area contributed by atoms with E-state index < -0.39 is 0 Å². The summed E-state index contributed by atoms with van der Waals surface area (Å²) in [6.07, 6.45) is 0. The summed E-state index contributed by atoms with van der Waals surface area (Å²) in [6.45, 7) is 3.76. The van der Waals surface area contributed by atoms with Gasteiger partial charge in [-0.2, -0.15) is 0 Å². The Morgan fingerprint density at radius 1 is 1.62 bits per heavy atom. The fraction of sp³-hybridized carbons (Fsp3) is 0.800. The number of hydrogen-bond donors (Lipinski definition) is 0. The molecule has 0 rings (SSSR count). The lowest BCUT2D eigenvalue weighted by Gasteiger charge is -2.13. The Bertz CT molecular complexity index is 93.1. The van der Waals surface area contributed by atoms with E-state index in [-0.39, 0.29) is 11.0 Å². The summed E-state index contributed by atoms with van der Waals surface area (Å²) in [5.41, 5.74) is 0. The summed E-state index contributed by atoms with van der Waals surface area (Å²) < 4.78 is 4.51. The number of methoxy groups -OCH3 is 1. The van der Waals surface area contributed by atoms with Gasteiger partial charge in [-0.3, -0.25) is 4.79 Å². The largest absolute Gasteiger partial charge is 0.469 e. The van der Waals surface area contributed by atoms with Gasteiger partial charge < -0.3 is 4.74 Å². The van der Waals surface area contributed by atoms with E-state index in [9.17, 15) is 4.79 Å². The van der Waals surface area contributed by atoms with Crippen molar-refractivity contribution >= 4 is 16.2 Å². The molecule has 0 radical (unpaired) electrons. The fourth-order valence-electron chi connectivity index (χ4n) is 0.306. The van der Waals surface area contributed by atoms with Crippen LogP contribution in [0.1, 0.15) is 13.8 Å². The van der Waals surface area contributed by atoms with Crippen LogP contribution in [0, 0.1) is 0 Å². The van der Waals surface area contributed by atoms with E-state index in [1.54, 1.807) is 0 Å². The van der Waals surface area contributed by atoms with Crippen molar-refractivity contribution in [2.24, 2.45) is 0 Å². The molecule has 8 heavy (non-hydrogen) atoms. The molecule has 0 bridgehead atoms. The lowest BCUT2D eigenvalue weighted by molar-refractivity contribution is -0.143. The molecule has 0 aliphatic carbocycles. The third-order valence-corrected chi connectivity index (χ3v) is 1.21. The molecule has 0 atom stereocenters. The van der Waals surface area contributed by atoms with Gasteiger partial charge in [0.1, 0.15) is 0 Å². The molecule has 0 heterocycles. The zero-order valence-electron chi connectivity index (χ0n) is 5.82. The van der Waals surface area contributed by atoms with Gasteiger partial charge in [0.25, 0.3) is 0 Å². The average Bonchev–Trinajstić information content (AvgIpc) is 1.62. The highest BCUT2D eigenvalue weighted by Crippen LogP contribution is 2.18. The van der Waals surface area contributed by atoms with Gasteiger partial charge in [-0.1, -0.05) is 13.8 Å². The van der Waals surface area contributed by atoms with Gasteiger partial charge in [0.2, 0.25) is 0 Å². The molecular formula is C5H12O2Si. The first-order valence-corrected chi connectivity index (χ1v) is 3.57. The Morgan fingerprint density at radius 3 is 2.00 bits per heavy atom. The summed E-state index contributed by atoms with van der Waals surface area (Å²) in [7, 11) is 2.27. The SMILES string of the molecule is COC(=O)C(C)(C)[SiH3]. The summed E-state index contributed by atoms with van der Waals surface area (Å²) in [4.78, 5) is 10.6. The predicted octanol–water partition coefficient (Wildman–Crippen LogP) is -0.277. The van der Waals surface area contributed by atoms with Crippen molar-refractivity contribution in [1.29, 1.82) is 0 Å². The number of esters is 1. The Labute approximate surface area is 52.6 Å². The molecular weight excluding hydrogens is 120 g/mol. The molecule has 0 amide bonds. The molecule has 2 nitrogen and oxygen atoms in total. The van der Waals surface area contributed by atoms with Gasteiger partial charge in [-0.25, -0.2) is 0 Å². The topological polar surface area (TPSA) is 26.3 Å². The molecule has 0 saturated carbocycles. The summed E-state index contributed by atoms with van der Waals surface area (Å²) in [6, 6.07) is 0. The highest BCUT2D eigenvalue weighted by atomic mass is 28.1. The van der Waals surface area contributed by atoms with E-state index in [2.05, 4.69) is 4.74 Å².